The standard InChI is InChI=1S/C10H7ClO3/c11-8-4-1-7(2-5-8)3-6-9(12)10(13)14/h1-6H,(H,13,14)/p-1/b6-3+. The van der Waals surface area contributed by atoms with E-state index >= 15 is 0 Å². The summed E-state index contributed by atoms with van der Waals surface area (Å²) in [5.74, 6) is -2.77. The van der Waals surface area contributed by atoms with Crippen molar-refractivity contribution in [3.8, 4) is 0 Å². The van der Waals surface area contributed by atoms with E-state index in [1.807, 2.05) is 0 Å². The van der Waals surface area contributed by atoms with Crippen molar-refractivity contribution in [2.75, 3.05) is 0 Å². The van der Waals surface area contributed by atoms with Crippen molar-refractivity contribution in [1.29, 1.82) is 0 Å². The third-order valence-corrected chi connectivity index (χ3v) is 1.75. The lowest BCUT2D eigenvalue weighted by molar-refractivity contribution is -0.299. The van der Waals surface area contributed by atoms with E-state index in [0.29, 0.717) is 10.6 Å². The van der Waals surface area contributed by atoms with Crippen molar-refractivity contribution < 1.29 is 14.7 Å². The molecule has 72 valence electrons. The number of hydrogen-bond donors (Lipinski definition) is 0. The highest BCUT2D eigenvalue weighted by atomic mass is 35.5. The molecule has 4 heteroatoms. The molecule has 0 heterocycles. The fourth-order valence-corrected chi connectivity index (χ4v) is 0.940. The first-order valence-corrected chi connectivity index (χ1v) is 4.16. The zero-order chi connectivity index (χ0) is 10.6. The van der Waals surface area contributed by atoms with E-state index in [0.717, 1.165) is 6.08 Å². The second-order valence-corrected chi connectivity index (χ2v) is 2.97. The van der Waals surface area contributed by atoms with Gasteiger partial charge >= 0.3 is 0 Å². The summed E-state index contributed by atoms with van der Waals surface area (Å²) in [6.45, 7) is 0. The van der Waals surface area contributed by atoms with Crippen molar-refractivity contribution in [2.45, 2.75) is 0 Å². The number of ketones is 1. The highest BCUT2D eigenvalue weighted by Gasteiger charge is 1.95. The molecule has 1 aromatic rings. The molecule has 1 rings (SSSR count). The lowest BCUT2D eigenvalue weighted by Crippen LogP contribution is -2.29. The molecule has 0 aliphatic carbocycles. The molecule has 0 bridgehead atoms. The van der Waals surface area contributed by atoms with Gasteiger partial charge in [0.1, 0.15) is 5.97 Å². The Morgan fingerprint density at radius 1 is 1.21 bits per heavy atom. The monoisotopic (exact) mass is 209 g/mol. The Kier molecular flexibility index (Phi) is 3.42. The first-order valence-electron chi connectivity index (χ1n) is 3.78. The van der Waals surface area contributed by atoms with Crippen LogP contribution in [-0.2, 0) is 9.59 Å². The van der Waals surface area contributed by atoms with Gasteiger partial charge < -0.3 is 9.90 Å². The Morgan fingerprint density at radius 2 is 1.79 bits per heavy atom. The van der Waals surface area contributed by atoms with E-state index in [-0.39, 0.29) is 0 Å². The summed E-state index contributed by atoms with van der Waals surface area (Å²) >= 11 is 5.63. The Bertz CT molecular complexity index is 379. The molecule has 3 nitrogen and oxygen atoms in total. The largest absolute Gasteiger partial charge is 0.541 e. The van der Waals surface area contributed by atoms with Crippen molar-refractivity contribution in [3.63, 3.8) is 0 Å². The third kappa shape index (κ3) is 3.03. The number of aliphatic carboxylic acids is 1. The van der Waals surface area contributed by atoms with Crippen LogP contribution in [0.2, 0.25) is 5.02 Å². The lowest BCUT2D eigenvalue weighted by Gasteiger charge is -1.94. The molecular formula is C10H6ClO3-. The van der Waals surface area contributed by atoms with Crippen molar-refractivity contribution in [2.24, 2.45) is 0 Å². The molecule has 0 aliphatic heterocycles. The van der Waals surface area contributed by atoms with Gasteiger partial charge in [-0.05, 0) is 23.8 Å². The van der Waals surface area contributed by atoms with Crippen molar-refractivity contribution >= 4 is 29.4 Å². The van der Waals surface area contributed by atoms with Crippen LogP contribution in [0.1, 0.15) is 5.56 Å². The Labute approximate surface area is 85.6 Å². The molecule has 0 fully saturated rings. The van der Waals surface area contributed by atoms with Crippen LogP contribution >= 0.6 is 11.6 Å². The number of halogens is 1. The molecule has 0 radical (unpaired) electrons. The predicted molar refractivity (Wildman–Crippen MR) is 50.5 cm³/mol. The van der Waals surface area contributed by atoms with E-state index < -0.39 is 11.8 Å². The van der Waals surface area contributed by atoms with E-state index in [1.165, 1.54) is 6.08 Å². The average Bonchev–Trinajstić information content (AvgIpc) is 2.16. The van der Waals surface area contributed by atoms with E-state index in [1.54, 1.807) is 24.3 Å². The molecule has 0 aromatic heterocycles. The minimum atomic E-state index is -1.71. The van der Waals surface area contributed by atoms with Gasteiger partial charge in [0, 0.05) is 5.02 Å². The SMILES string of the molecule is O=C([O-])C(=O)/C=C/c1ccc(Cl)cc1. The number of carbonyl (C=O) groups is 2. The summed E-state index contributed by atoms with van der Waals surface area (Å²) in [5.41, 5.74) is 0.698. The maximum Gasteiger partial charge on any atom is 0.201 e. The summed E-state index contributed by atoms with van der Waals surface area (Å²) in [5, 5.41) is 10.6. The topological polar surface area (TPSA) is 57.2 Å². The molecule has 0 unspecified atom stereocenters. The minimum Gasteiger partial charge on any atom is -0.541 e. The van der Waals surface area contributed by atoms with Gasteiger partial charge in [0.2, 0.25) is 5.78 Å². The minimum absolute atomic E-state index is 0.577. The van der Waals surface area contributed by atoms with Crippen LogP contribution in [0.15, 0.2) is 30.3 Å². The van der Waals surface area contributed by atoms with Crippen LogP contribution in [0.4, 0.5) is 0 Å². The molecule has 0 amide bonds. The van der Waals surface area contributed by atoms with Crippen LogP contribution in [-0.4, -0.2) is 11.8 Å². The highest BCUT2D eigenvalue weighted by Crippen LogP contribution is 2.10. The zero-order valence-corrected chi connectivity index (χ0v) is 7.82. The molecular weight excluding hydrogens is 204 g/mol. The number of hydrogen-bond acceptors (Lipinski definition) is 3. The molecule has 1 aromatic carbocycles. The van der Waals surface area contributed by atoms with Crippen LogP contribution in [0.5, 0.6) is 0 Å². The maximum absolute atomic E-state index is 10.6. The second-order valence-electron chi connectivity index (χ2n) is 2.54. The number of carbonyl (C=O) groups excluding carboxylic acids is 2. The van der Waals surface area contributed by atoms with Crippen molar-refractivity contribution in [3.05, 3.63) is 40.9 Å². The fourth-order valence-electron chi connectivity index (χ4n) is 0.814. The smallest absolute Gasteiger partial charge is 0.201 e. The normalized spacial score (nSPS) is 10.4. The fraction of sp³-hybridized carbons (Fsp3) is 0. The second kappa shape index (κ2) is 4.58. The molecule has 0 atom stereocenters. The van der Waals surface area contributed by atoms with Crippen LogP contribution in [0.3, 0.4) is 0 Å². The molecule has 14 heavy (non-hydrogen) atoms. The Hall–Kier alpha value is -1.61. The Balaban J connectivity index is 2.74. The third-order valence-electron chi connectivity index (χ3n) is 1.50. The quantitative estimate of drug-likeness (QED) is 0.543. The highest BCUT2D eigenvalue weighted by molar-refractivity contribution is 6.37. The molecule has 0 spiro atoms. The zero-order valence-electron chi connectivity index (χ0n) is 7.07. The first-order chi connectivity index (χ1) is 6.59. The van der Waals surface area contributed by atoms with Crippen molar-refractivity contribution in [1.82, 2.24) is 0 Å². The number of carboxylic acid groups (broad SMARTS) is 1. The molecule has 0 N–H and O–H groups in total. The number of rotatable bonds is 3. The van der Waals surface area contributed by atoms with E-state index in [4.69, 9.17) is 11.6 Å². The first kappa shape index (κ1) is 10.5. The van der Waals surface area contributed by atoms with Gasteiger partial charge in [-0.15, -0.1) is 0 Å². The van der Waals surface area contributed by atoms with E-state index in [2.05, 4.69) is 0 Å². The van der Waals surface area contributed by atoms with Gasteiger partial charge in [0.05, 0.1) is 0 Å². The van der Waals surface area contributed by atoms with Gasteiger partial charge in [0.25, 0.3) is 0 Å². The summed E-state index contributed by atoms with van der Waals surface area (Å²) in [4.78, 5) is 20.6. The molecule has 0 saturated heterocycles. The predicted octanol–water partition coefficient (Wildman–Crippen LogP) is 0.672. The van der Waals surface area contributed by atoms with Gasteiger partial charge in [-0.2, -0.15) is 0 Å². The average molecular weight is 210 g/mol. The summed E-state index contributed by atoms with van der Waals surface area (Å²) < 4.78 is 0. The van der Waals surface area contributed by atoms with Gasteiger partial charge in [-0.1, -0.05) is 29.8 Å². The van der Waals surface area contributed by atoms with Crippen LogP contribution in [0, 0.1) is 0 Å². The number of carboxylic acids is 1. The van der Waals surface area contributed by atoms with Gasteiger partial charge in [0.15, 0.2) is 0 Å². The number of benzene rings is 1. The molecule has 0 saturated carbocycles. The van der Waals surface area contributed by atoms with Crippen LogP contribution < -0.4 is 5.11 Å². The molecule has 0 aliphatic rings. The summed E-state index contributed by atoms with van der Waals surface area (Å²) in [6.07, 6.45) is 2.33. The summed E-state index contributed by atoms with van der Waals surface area (Å²) in [6, 6.07) is 6.62. The summed E-state index contributed by atoms with van der Waals surface area (Å²) in [7, 11) is 0. The maximum atomic E-state index is 10.6. The van der Waals surface area contributed by atoms with Crippen LogP contribution in [0.25, 0.3) is 6.08 Å². The van der Waals surface area contributed by atoms with Gasteiger partial charge in [-0.3, -0.25) is 4.79 Å². The van der Waals surface area contributed by atoms with E-state index in [9.17, 15) is 14.7 Å². The Morgan fingerprint density at radius 3 is 2.29 bits per heavy atom. The lowest BCUT2D eigenvalue weighted by atomic mass is 10.2. The van der Waals surface area contributed by atoms with Gasteiger partial charge in [-0.25, -0.2) is 0 Å².